The number of aromatic amines is 2. The van der Waals surface area contributed by atoms with Crippen LogP contribution in [0.2, 0.25) is 0 Å². The van der Waals surface area contributed by atoms with Crippen LogP contribution in [0, 0.1) is 0 Å². The van der Waals surface area contributed by atoms with E-state index in [-0.39, 0.29) is 0 Å². The lowest BCUT2D eigenvalue weighted by Gasteiger charge is -2.04. The number of rotatable bonds is 3. The molecule has 0 fully saturated rings. The lowest BCUT2D eigenvalue weighted by Crippen LogP contribution is -2.22. The highest BCUT2D eigenvalue weighted by molar-refractivity contribution is 5.33. The Bertz CT molecular complexity index is 543. The Labute approximate surface area is 91.2 Å². The zero-order valence-electron chi connectivity index (χ0n) is 8.49. The molecule has 82 valence electrons. The van der Waals surface area contributed by atoms with E-state index in [1.807, 2.05) is 30.3 Å². The van der Waals surface area contributed by atoms with Gasteiger partial charge >= 0.3 is 5.69 Å². The fraction of sp³-hybridized carbons (Fsp3) is 0.0909. The van der Waals surface area contributed by atoms with Gasteiger partial charge in [0.25, 0.3) is 5.56 Å². The van der Waals surface area contributed by atoms with Gasteiger partial charge in [-0.15, -0.1) is 0 Å². The van der Waals surface area contributed by atoms with E-state index in [0.29, 0.717) is 12.4 Å². The Morgan fingerprint density at radius 2 is 1.81 bits per heavy atom. The molecule has 1 aromatic carbocycles. The number of hydrogen-bond acceptors (Lipinski definition) is 3. The summed E-state index contributed by atoms with van der Waals surface area (Å²) in [4.78, 5) is 26.6. The van der Waals surface area contributed by atoms with Gasteiger partial charge in [0.15, 0.2) is 0 Å². The van der Waals surface area contributed by atoms with E-state index in [0.717, 1.165) is 5.56 Å². The minimum atomic E-state index is -0.511. The SMILES string of the molecule is O=c1cc(NCc2ccccc2)[nH]c(=O)[nH]1. The van der Waals surface area contributed by atoms with Crippen LogP contribution in [0.25, 0.3) is 0 Å². The van der Waals surface area contributed by atoms with Crippen molar-refractivity contribution in [3.05, 3.63) is 62.8 Å². The van der Waals surface area contributed by atoms with Gasteiger partial charge in [-0.1, -0.05) is 30.3 Å². The number of H-pyrrole nitrogens is 2. The largest absolute Gasteiger partial charge is 0.367 e. The average molecular weight is 217 g/mol. The van der Waals surface area contributed by atoms with E-state index in [4.69, 9.17) is 0 Å². The Kier molecular flexibility index (Phi) is 2.86. The van der Waals surface area contributed by atoms with Gasteiger partial charge in [-0.3, -0.25) is 14.8 Å². The van der Waals surface area contributed by atoms with Crippen LogP contribution in [0.4, 0.5) is 5.82 Å². The van der Waals surface area contributed by atoms with Gasteiger partial charge < -0.3 is 5.32 Å². The van der Waals surface area contributed by atoms with Crippen molar-refractivity contribution in [2.75, 3.05) is 5.32 Å². The van der Waals surface area contributed by atoms with Gasteiger partial charge in [-0.05, 0) is 5.56 Å². The number of benzene rings is 1. The molecule has 0 saturated carbocycles. The van der Waals surface area contributed by atoms with Crippen LogP contribution in [0.1, 0.15) is 5.56 Å². The Hall–Kier alpha value is -2.30. The third-order valence-corrected chi connectivity index (χ3v) is 2.09. The number of hydrogen-bond donors (Lipinski definition) is 3. The van der Waals surface area contributed by atoms with Gasteiger partial charge in [0.05, 0.1) is 0 Å². The smallest absolute Gasteiger partial charge is 0.327 e. The first-order valence-electron chi connectivity index (χ1n) is 4.85. The van der Waals surface area contributed by atoms with Crippen molar-refractivity contribution < 1.29 is 0 Å². The van der Waals surface area contributed by atoms with Crippen LogP contribution in [-0.2, 0) is 6.54 Å². The maximum atomic E-state index is 11.0. The second kappa shape index (κ2) is 4.48. The first kappa shape index (κ1) is 10.2. The third-order valence-electron chi connectivity index (χ3n) is 2.09. The van der Waals surface area contributed by atoms with E-state index in [1.165, 1.54) is 6.07 Å². The van der Waals surface area contributed by atoms with Crippen LogP contribution < -0.4 is 16.6 Å². The number of aromatic nitrogens is 2. The fourth-order valence-corrected chi connectivity index (χ4v) is 1.36. The lowest BCUT2D eigenvalue weighted by atomic mass is 10.2. The van der Waals surface area contributed by atoms with Crippen LogP contribution in [0.15, 0.2) is 46.0 Å². The molecule has 0 aliphatic heterocycles. The molecule has 0 amide bonds. The highest BCUT2D eigenvalue weighted by Crippen LogP contribution is 2.01. The van der Waals surface area contributed by atoms with E-state index < -0.39 is 11.2 Å². The van der Waals surface area contributed by atoms with Gasteiger partial charge in [-0.2, -0.15) is 0 Å². The van der Waals surface area contributed by atoms with E-state index in [1.54, 1.807) is 0 Å². The van der Waals surface area contributed by atoms with Crippen molar-refractivity contribution in [2.24, 2.45) is 0 Å². The Morgan fingerprint density at radius 3 is 2.50 bits per heavy atom. The third kappa shape index (κ3) is 2.60. The summed E-state index contributed by atoms with van der Waals surface area (Å²) in [6.07, 6.45) is 0. The molecule has 0 spiro atoms. The highest BCUT2D eigenvalue weighted by Gasteiger charge is 1.96. The van der Waals surface area contributed by atoms with E-state index in [2.05, 4.69) is 15.3 Å². The normalized spacial score (nSPS) is 10.0. The summed E-state index contributed by atoms with van der Waals surface area (Å²) in [7, 11) is 0. The second-order valence-corrected chi connectivity index (χ2v) is 3.34. The molecule has 0 saturated heterocycles. The van der Waals surface area contributed by atoms with E-state index >= 15 is 0 Å². The zero-order chi connectivity index (χ0) is 11.4. The second-order valence-electron chi connectivity index (χ2n) is 3.34. The van der Waals surface area contributed by atoms with Gasteiger partial charge in [0.1, 0.15) is 5.82 Å². The summed E-state index contributed by atoms with van der Waals surface area (Å²) in [6, 6.07) is 11.0. The van der Waals surface area contributed by atoms with Crippen LogP contribution in [-0.4, -0.2) is 9.97 Å². The zero-order valence-corrected chi connectivity index (χ0v) is 8.49. The summed E-state index contributed by atoms with van der Waals surface area (Å²) in [5.41, 5.74) is 0.144. The van der Waals surface area contributed by atoms with Crippen LogP contribution in [0.5, 0.6) is 0 Å². The summed E-state index contributed by atoms with van der Waals surface area (Å²) < 4.78 is 0. The summed E-state index contributed by atoms with van der Waals surface area (Å²) in [6.45, 7) is 0.556. The summed E-state index contributed by atoms with van der Waals surface area (Å²) in [5, 5.41) is 2.97. The number of nitrogens with one attached hydrogen (secondary N) is 3. The lowest BCUT2D eigenvalue weighted by molar-refractivity contribution is 1.01. The molecule has 2 aromatic rings. The predicted octanol–water partition coefficient (Wildman–Crippen LogP) is 0.675. The average Bonchev–Trinajstić information content (AvgIpc) is 2.27. The van der Waals surface area contributed by atoms with Crippen LogP contribution >= 0.6 is 0 Å². The fourth-order valence-electron chi connectivity index (χ4n) is 1.36. The summed E-state index contributed by atoms with van der Waals surface area (Å²) >= 11 is 0. The Morgan fingerprint density at radius 1 is 1.06 bits per heavy atom. The van der Waals surface area contributed by atoms with Crippen LogP contribution in [0.3, 0.4) is 0 Å². The first-order valence-corrected chi connectivity index (χ1v) is 4.85. The van der Waals surface area contributed by atoms with Gasteiger partial charge in [0, 0.05) is 12.6 Å². The molecule has 1 heterocycles. The number of anilines is 1. The van der Waals surface area contributed by atoms with Crippen molar-refractivity contribution in [1.29, 1.82) is 0 Å². The maximum Gasteiger partial charge on any atom is 0.327 e. The molecular formula is C11H11N3O2. The molecule has 0 aliphatic rings. The minimum Gasteiger partial charge on any atom is -0.367 e. The first-order chi connectivity index (χ1) is 7.74. The monoisotopic (exact) mass is 217 g/mol. The quantitative estimate of drug-likeness (QED) is 0.707. The topological polar surface area (TPSA) is 77.8 Å². The molecule has 0 atom stereocenters. The highest BCUT2D eigenvalue weighted by atomic mass is 16.2. The van der Waals surface area contributed by atoms with Crippen molar-refractivity contribution in [1.82, 2.24) is 9.97 Å². The molecule has 0 aliphatic carbocycles. The Balaban J connectivity index is 2.11. The standard InChI is InChI=1S/C11H11N3O2/c15-10-6-9(13-11(16)14-10)12-7-8-4-2-1-3-5-8/h1-6H,7H2,(H3,12,13,14,15,16). The molecule has 0 radical (unpaired) electrons. The molecule has 0 unspecified atom stereocenters. The predicted molar refractivity (Wildman–Crippen MR) is 61.5 cm³/mol. The van der Waals surface area contributed by atoms with E-state index in [9.17, 15) is 9.59 Å². The molecule has 2 rings (SSSR count). The van der Waals surface area contributed by atoms with Crippen molar-refractivity contribution in [3.8, 4) is 0 Å². The molecule has 5 nitrogen and oxygen atoms in total. The van der Waals surface area contributed by atoms with Crippen molar-refractivity contribution in [2.45, 2.75) is 6.54 Å². The van der Waals surface area contributed by atoms with Gasteiger partial charge in [-0.25, -0.2) is 4.79 Å². The molecule has 0 bridgehead atoms. The molecule has 1 aromatic heterocycles. The van der Waals surface area contributed by atoms with Crippen molar-refractivity contribution >= 4 is 5.82 Å². The summed E-state index contributed by atoms with van der Waals surface area (Å²) in [5.74, 6) is 0.414. The minimum absolute atomic E-state index is 0.414. The van der Waals surface area contributed by atoms with Crippen molar-refractivity contribution in [3.63, 3.8) is 0 Å². The van der Waals surface area contributed by atoms with Gasteiger partial charge in [0.2, 0.25) is 0 Å². The molecular weight excluding hydrogens is 206 g/mol. The molecule has 5 heteroatoms. The molecule has 16 heavy (non-hydrogen) atoms. The maximum absolute atomic E-state index is 11.0. The molecule has 3 N–H and O–H groups in total.